The van der Waals surface area contributed by atoms with Gasteiger partial charge in [0.25, 0.3) is 5.91 Å². The highest BCUT2D eigenvalue weighted by Crippen LogP contribution is 2.24. The zero-order valence-electron chi connectivity index (χ0n) is 14.8. The number of rotatable bonds is 4. The number of aromatic hydroxyl groups is 1. The average Bonchev–Trinajstić information content (AvgIpc) is 2.71. The zero-order chi connectivity index (χ0) is 19.9. The molecule has 3 aromatic carbocycles. The number of halogens is 1. The number of fused-ring (bicyclic) bond motifs is 1. The molecule has 0 atom stereocenters. The third-order valence-electron chi connectivity index (χ3n) is 4.00. The van der Waals surface area contributed by atoms with E-state index in [1.807, 2.05) is 36.4 Å². The summed E-state index contributed by atoms with van der Waals surface area (Å²) in [6, 6.07) is 15.7. The molecule has 0 aliphatic rings. The minimum absolute atomic E-state index is 0.0294. The summed E-state index contributed by atoms with van der Waals surface area (Å²) in [6.45, 7) is 0.0294. The minimum Gasteiger partial charge on any atom is -0.506 e. The van der Waals surface area contributed by atoms with Gasteiger partial charge in [-0.05, 0) is 35.0 Å². The summed E-state index contributed by atoms with van der Waals surface area (Å²) in [4.78, 5) is 12.2. The second-order valence-electron chi connectivity index (χ2n) is 5.89. The summed E-state index contributed by atoms with van der Waals surface area (Å²) in [5.74, 6) is 5.47. The van der Waals surface area contributed by atoms with Crippen molar-refractivity contribution in [1.82, 2.24) is 5.43 Å². The molecule has 0 spiro atoms. The number of nitrogens with one attached hydrogen (secondary N) is 1. The average molecular weight is 393 g/mol. The molecule has 5 nitrogen and oxygen atoms in total. The fourth-order valence-electron chi connectivity index (χ4n) is 2.63. The van der Waals surface area contributed by atoms with Gasteiger partial charge in [-0.1, -0.05) is 53.8 Å². The molecule has 6 heteroatoms. The normalized spacial score (nSPS) is 10.6. The van der Waals surface area contributed by atoms with Gasteiger partial charge in [0.2, 0.25) is 0 Å². The molecule has 0 radical (unpaired) electrons. The number of nitrogens with zero attached hydrogens (tertiary/aromatic N) is 1. The maximum atomic E-state index is 12.2. The largest absolute Gasteiger partial charge is 0.506 e. The van der Waals surface area contributed by atoms with Gasteiger partial charge in [0.05, 0.1) is 17.8 Å². The monoisotopic (exact) mass is 392 g/mol. The van der Waals surface area contributed by atoms with Crippen molar-refractivity contribution in [2.75, 3.05) is 6.61 Å². The van der Waals surface area contributed by atoms with Crippen LogP contribution in [0.5, 0.6) is 5.75 Å². The zero-order valence-corrected chi connectivity index (χ0v) is 15.6. The lowest BCUT2D eigenvalue weighted by Gasteiger charge is -2.05. The van der Waals surface area contributed by atoms with Crippen LogP contribution in [0.4, 0.5) is 0 Å². The SMILES string of the molecule is O=C(NN=Cc1ccc(C#CCCO)c2ccccc12)c1ccc(O)c(Cl)c1. The number of benzene rings is 3. The summed E-state index contributed by atoms with van der Waals surface area (Å²) in [6.07, 6.45) is 1.98. The molecule has 0 aliphatic carbocycles. The van der Waals surface area contributed by atoms with Crippen LogP contribution in [0.15, 0.2) is 59.7 Å². The van der Waals surface area contributed by atoms with Gasteiger partial charge in [-0.25, -0.2) is 5.43 Å². The molecule has 0 aromatic heterocycles. The van der Waals surface area contributed by atoms with Crippen LogP contribution in [0, 0.1) is 11.8 Å². The highest BCUT2D eigenvalue weighted by atomic mass is 35.5. The standard InChI is InChI=1S/C22H17ClN2O3/c23-20-13-16(10-11-21(20)27)22(28)25-24-14-17-9-8-15(5-3-4-12-26)18-6-1-2-7-19(17)18/h1-2,6-11,13-14,26-27H,4,12H2,(H,25,28). The predicted octanol–water partition coefficient (Wildman–Crippen LogP) is 3.70. The van der Waals surface area contributed by atoms with E-state index in [9.17, 15) is 9.90 Å². The van der Waals surface area contributed by atoms with Crippen LogP contribution >= 0.6 is 11.6 Å². The molecule has 0 heterocycles. The third kappa shape index (κ3) is 4.49. The molecule has 28 heavy (non-hydrogen) atoms. The lowest BCUT2D eigenvalue weighted by molar-refractivity contribution is 0.0955. The first-order valence-corrected chi connectivity index (χ1v) is 8.91. The Hall–Kier alpha value is -3.33. The number of hydrogen-bond donors (Lipinski definition) is 3. The number of aliphatic hydroxyl groups excluding tert-OH is 1. The second-order valence-corrected chi connectivity index (χ2v) is 6.30. The van der Waals surface area contributed by atoms with Crippen molar-refractivity contribution in [3.8, 4) is 17.6 Å². The van der Waals surface area contributed by atoms with Gasteiger partial charge in [-0.3, -0.25) is 4.79 Å². The van der Waals surface area contributed by atoms with E-state index in [0.29, 0.717) is 12.0 Å². The van der Waals surface area contributed by atoms with Crippen LogP contribution in [-0.2, 0) is 0 Å². The molecule has 0 bridgehead atoms. The lowest BCUT2D eigenvalue weighted by Crippen LogP contribution is -2.17. The molecule has 3 N–H and O–H groups in total. The molecule has 3 aromatic rings. The quantitative estimate of drug-likeness (QED) is 0.360. The highest BCUT2D eigenvalue weighted by molar-refractivity contribution is 6.32. The summed E-state index contributed by atoms with van der Waals surface area (Å²) in [7, 11) is 0. The van der Waals surface area contributed by atoms with Crippen molar-refractivity contribution in [3.05, 3.63) is 76.3 Å². The molecule has 140 valence electrons. The topological polar surface area (TPSA) is 81.9 Å². The first kappa shape index (κ1) is 19.4. The minimum atomic E-state index is -0.436. The van der Waals surface area contributed by atoms with Crippen LogP contribution in [0.25, 0.3) is 10.8 Å². The highest BCUT2D eigenvalue weighted by Gasteiger charge is 2.08. The van der Waals surface area contributed by atoms with E-state index in [-0.39, 0.29) is 17.4 Å². The summed E-state index contributed by atoms with van der Waals surface area (Å²) in [5.41, 5.74) is 4.43. The van der Waals surface area contributed by atoms with Gasteiger partial charge >= 0.3 is 0 Å². The van der Waals surface area contributed by atoms with Crippen molar-refractivity contribution < 1.29 is 15.0 Å². The first-order chi connectivity index (χ1) is 13.6. The van der Waals surface area contributed by atoms with Crippen molar-refractivity contribution >= 4 is 34.5 Å². The Kier molecular flexibility index (Phi) is 6.28. The van der Waals surface area contributed by atoms with Crippen LogP contribution in [-0.4, -0.2) is 28.9 Å². The molecule has 0 unspecified atom stereocenters. The number of carbonyl (C=O) groups excluding carboxylic acids is 1. The van der Waals surface area contributed by atoms with E-state index in [0.717, 1.165) is 21.9 Å². The molecular weight excluding hydrogens is 376 g/mol. The van der Waals surface area contributed by atoms with E-state index in [1.165, 1.54) is 18.2 Å². The van der Waals surface area contributed by atoms with Crippen molar-refractivity contribution in [3.63, 3.8) is 0 Å². The van der Waals surface area contributed by atoms with E-state index in [2.05, 4.69) is 22.4 Å². The summed E-state index contributed by atoms with van der Waals surface area (Å²) >= 11 is 5.82. The van der Waals surface area contributed by atoms with Crippen LogP contribution in [0.2, 0.25) is 5.02 Å². The molecule has 3 rings (SSSR count). The van der Waals surface area contributed by atoms with Gasteiger partial charge in [-0.15, -0.1) is 0 Å². The number of phenols is 1. The molecule has 1 amide bonds. The molecule has 0 saturated heterocycles. The Labute approximate surface area is 167 Å². The van der Waals surface area contributed by atoms with Crippen LogP contribution < -0.4 is 5.43 Å². The van der Waals surface area contributed by atoms with Crippen molar-refractivity contribution in [2.24, 2.45) is 5.10 Å². The Morgan fingerprint density at radius 2 is 1.93 bits per heavy atom. The maximum Gasteiger partial charge on any atom is 0.271 e. The Balaban J connectivity index is 1.82. The number of phenolic OH excluding ortho intramolecular Hbond substituents is 1. The number of amides is 1. The fourth-order valence-corrected chi connectivity index (χ4v) is 2.81. The maximum absolute atomic E-state index is 12.2. The number of aliphatic hydroxyl groups is 1. The predicted molar refractivity (Wildman–Crippen MR) is 111 cm³/mol. The Morgan fingerprint density at radius 1 is 1.14 bits per heavy atom. The van der Waals surface area contributed by atoms with Gasteiger partial charge in [0.1, 0.15) is 5.75 Å². The fraction of sp³-hybridized carbons (Fsp3) is 0.0909. The van der Waals surface area contributed by atoms with Gasteiger partial charge < -0.3 is 10.2 Å². The summed E-state index contributed by atoms with van der Waals surface area (Å²) < 4.78 is 0. The molecule has 0 aliphatic heterocycles. The summed E-state index contributed by atoms with van der Waals surface area (Å²) in [5, 5.41) is 24.3. The van der Waals surface area contributed by atoms with Crippen LogP contribution in [0.3, 0.4) is 0 Å². The van der Waals surface area contributed by atoms with Crippen molar-refractivity contribution in [1.29, 1.82) is 0 Å². The van der Waals surface area contributed by atoms with Gasteiger partial charge in [0, 0.05) is 23.1 Å². The van der Waals surface area contributed by atoms with Gasteiger partial charge in [-0.2, -0.15) is 5.10 Å². The van der Waals surface area contributed by atoms with E-state index >= 15 is 0 Å². The Bertz CT molecular complexity index is 1110. The van der Waals surface area contributed by atoms with E-state index in [1.54, 1.807) is 6.21 Å². The number of hydrazone groups is 1. The second kappa shape index (κ2) is 9.05. The van der Waals surface area contributed by atoms with Crippen molar-refractivity contribution in [2.45, 2.75) is 6.42 Å². The molecule has 0 saturated carbocycles. The number of hydrogen-bond acceptors (Lipinski definition) is 4. The van der Waals surface area contributed by atoms with Gasteiger partial charge in [0.15, 0.2) is 0 Å². The van der Waals surface area contributed by atoms with E-state index in [4.69, 9.17) is 16.7 Å². The van der Waals surface area contributed by atoms with Crippen LogP contribution in [0.1, 0.15) is 27.9 Å². The molecular formula is C22H17ClN2O3. The molecule has 0 fully saturated rings. The first-order valence-electron chi connectivity index (χ1n) is 8.53. The third-order valence-corrected chi connectivity index (χ3v) is 4.30. The smallest absolute Gasteiger partial charge is 0.271 e. The van der Waals surface area contributed by atoms with E-state index < -0.39 is 5.91 Å². The number of carbonyl (C=O) groups is 1. The lowest BCUT2D eigenvalue weighted by atomic mass is 10.0. The Morgan fingerprint density at radius 3 is 2.68 bits per heavy atom.